The van der Waals surface area contributed by atoms with Crippen LogP contribution in [0.4, 0.5) is 0 Å². The van der Waals surface area contributed by atoms with Gasteiger partial charge in [0, 0.05) is 20.0 Å². The van der Waals surface area contributed by atoms with E-state index >= 15 is 0 Å². The average Bonchev–Trinajstić information content (AvgIpc) is 2.94. The second-order valence-corrected chi connectivity index (χ2v) is 8.76. The van der Waals surface area contributed by atoms with E-state index in [4.69, 9.17) is 14.2 Å². The Bertz CT molecular complexity index is 641. The molecule has 7 heteroatoms. The smallest absolute Gasteiger partial charge is 0.316 e. The van der Waals surface area contributed by atoms with Crippen molar-refractivity contribution in [2.45, 2.75) is 83.4 Å². The van der Waals surface area contributed by atoms with E-state index in [2.05, 4.69) is 0 Å². The molecule has 2 aliphatic heterocycles. The molecule has 2 N–H and O–H groups in total. The number of aliphatic hydroxyl groups is 2. The lowest BCUT2D eigenvalue weighted by Crippen LogP contribution is -2.48. The Morgan fingerprint density at radius 2 is 1.93 bits per heavy atom. The molecular formula is C21H34O7. The van der Waals surface area contributed by atoms with Crippen LogP contribution in [0, 0.1) is 11.8 Å². The first-order chi connectivity index (χ1) is 12.9. The van der Waals surface area contributed by atoms with Crippen molar-refractivity contribution in [3.8, 4) is 0 Å². The number of carbonyl (C=O) groups excluding carboxylic acids is 2. The lowest BCUT2D eigenvalue weighted by Gasteiger charge is -2.33. The minimum atomic E-state index is -1.81. The molecule has 0 unspecified atom stereocenters. The number of hydrogen-bond acceptors (Lipinski definition) is 7. The van der Waals surface area contributed by atoms with Gasteiger partial charge in [0.1, 0.15) is 17.6 Å². The van der Waals surface area contributed by atoms with E-state index in [1.807, 2.05) is 13.8 Å². The minimum absolute atomic E-state index is 0.0328. The molecule has 1 fully saturated rings. The highest BCUT2D eigenvalue weighted by Gasteiger charge is 2.55. The van der Waals surface area contributed by atoms with Crippen molar-refractivity contribution in [3.05, 3.63) is 11.6 Å². The van der Waals surface area contributed by atoms with Crippen LogP contribution < -0.4 is 0 Å². The van der Waals surface area contributed by atoms with Gasteiger partial charge in [-0.05, 0) is 39.5 Å². The lowest BCUT2D eigenvalue weighted by molar-refractivity contribution is -0.203. The zero-order chi connectivity index (χ0) is 21.3. The first kappa shape index (κ1) is 23.0. The number of cyclic esters (lactones) is 1. The van der Waals surface area contributed by atoms with Gasteiger partial charge in [-0.1, -0.05) is 25.5 Å². The van der Waals surface area contributed by atoms with Gasteiger partial charge in [0.05, 0.1) is 6.61 Å². The van der Waals surface area contributed by atoms with Crippen LogP contribution in [-0.4, -0.2) is 58.8 Å². The fourth-order valence-corrected chi connectivity index (χ4v) is 4.47. The predicted molar refractivity (Wildman–Crippen MR) is 102 cm³/mol. The summed E-state index contributed by atoms with van der Waals surface area (Å²) in [6, 6.07) is 0. The summed E-state index contributed by atoms with van der Waals surface area (Å²) >= 11 is 0. The Balaban J connectivity index is 2.45. The second-order valence-electron chi connectivity index (χ2n) is 8.76. The first-order valence-electron chi connectivity index (χ1n) is 9.95. The molecule has 0 radical (unpaired) electrons. The van der Waals surface area contributed by atoms with Crippen LogP contribution in [0.25, 0.3) is 0 Å². The molecule has 0 amide bonds. The number of rotatable bonds is 2. The molecule has 0 aromatic carbocycles. The molecule has 0 aliphatic carbocycles. The Morgan fingerprint density at radius 1 is 1.29 bits per heavy atom. The fraction of sp³-hybridized carbons (Fsp3) is 0.810. The summed E-state index contributed by atoms with van der Waals surface area (Å²) < 4.78 is 16.8. The maximum Gasteiger partial charge on any atom is 0.316 e. The van der Waals surface area contributed by atoms with Gasteiger partial charge in [0.15, 0.2) is 17.2 Å². The van der Waals surface area contributed by atoms with Gasteiger partial charge < -0.3 is 24.4 Å². The van der Waals surface area contributed by atoms with Crippen LogP contribution in [0.3, 0.4) is 0 Å². The lowest BCUT2D eigenvalue weighted by atomic mass is 9.83. The number of carbonyl (C=O) groups is 2. The third kappa shape index (κ3) is 4.64. The van der Waals surface area contributed by atoms with Gasteiger partial charge in [-0.25, -0.2) is 0 Å². The molecule has 7 nitrogen and oxygen atoms in total. The van der Waals surface area contributed by atoms with Crippen LogP contribution in [0.2, 0.25) is 0 Å². The Hall–Kier alpha value is -1.28. The summed E-state index contributed by atoms with van der Waals surface area (Å²) in [7, 11) is 1.49. The van der Waals surface area contributed by atoms with Crippen LogP contribution in [-0.2, 0) is 23.8 Å². The monoisotopic (exact) mass is 398 g/mol. The third-order valence-electron chi connectivity index (χ3n) is 5.86. The predicted octanol–water partition coefficient (Wildman–Crippen LogP) is 2.13. The van der Waals surface area contributed by atoms with Crippen LogP contribution in [0.15, 0.2) is 11.6 Å². The highest BCUT2D eigenvalue weighted by molar-refractivity contribution is 6.03. The van der Waals surface area contributed by atoms with Crippen molar-refractivity contribution in [1.29, 1.82) is 0 Å². The summed E-state index contributed by atoms with van der Waals surface area (Å²) in [6.07, 6.45) is 2.42. The van der Waals surface area contributed by atoms with Crippen LogP contribution in [0.5, 0.6) is 0 Å². The van der Waals surface area contributed by atoms with E-state index < -0.39 is 40.8 Å². The Kier molecular flexibility index (Phi) is 6.76. The van der Waals surface area contributed by atoms with Gasteiger partial charge in [-0.3, -0.25) is 9.59 Å². The quantitative estimate of drug-likeness (QED) is 0.417. The molecule has 2 aliphatic rings. The van der Waals surface area contributed by atoms with Crippen molar-refractivity contribution in [2.75, 3.05) is 13.7 Å². The molecule has 28 heavy (non-hydrogen) atoms. The van der Waals surface area contributed by atoms with E-state index in [0.29, 0.717) is 19.3 Å². The molecule has 2 rings (SSSR count). The van der Waals surface area contributed by atoms with Crippen LogP contribution in [0.1, 0.15) is 60.3 Å². The number of ketones is 1. The average molecular weight is 398 g/mol. The normalized spacial score (nSPS) is 45.1. The van der Waals surface area contributed by atoms with E-state index in [0.717, 1.165) is 5.57 Å². The number of fused-ring (bicyclic) bond motifs is 2. The maximum atomic E-state index is 12.9. The summed E-state index contributed by atoms with van der Waals surface area (Å²) in [5.41, 5.74) is -2.23. The number of methoxy groups -OCH3 is 1. The van der Waals surface area contributed by atoms with Gasteiger partial charge >= 0.3 is 5.97 Å². The SMILES string of the molecule is CC[C@H]1OC(=O)[C@H](C)C(=O)[C@@]2(O)CO[C@@](OC)(C[C@@H](C)C/C(C)=C\[C@@]1(C)O)C2. The van der Waals surface area contributed by atoms with Crippen molar-refractivity contribution in [3.63, 3.8) is 0 Å². The maximum absolute atomic E-state index is 12.9. The molecule has 2 heterocycles. The summed E-state index contributed by atoms with van der Waals surface area (Å²) in [5.74, 6) is -3.57. The minimum Gasteiger partial charge on any atom is -0.458 e. The summed E-state index contributed by atoms with van der Waals surface area (Å²) in [5, 5.41) is 21.8. The standard InChI is InChI=1S/C21H34O7/c1-7-16-19(5,24)9-13(2)8-14(3)10-21(26-6)11-20(25,12-27-21)17(22)15(4)18(23)28-16/h9,14-16,24-25H,7-8,10-12H2,1-6H3/b13-9-/t14-,15+,16+,19+,20-,21-/m0/s1. The second kappa shape index (κ2) is 8.22. The van der Waals surface area contributed by atoms with Crippen LogP contribution >= 0.6 is 0 Å². The van der Waals surface area contributed by atoms with E-state index in [1.54, 1.807) is 19.9 Å². The molecule has 0 saturated carbocycles. The van der Waals surface area contributed by atoms with Gasteiger partial charge in [-0.15, -0.1) is 0 Å². The topological polar surface area (TPSA) is 102 Å². The zero-order valence-electron chi connectivity index (χ0n) is 17.8. The van der Waals surface area contributed by atoms with Gasteiger partial charge in [0.25, 0.3) is 0 Å². The zero-order valence-corrected chi connectivity index (χ0v) is 17.8. The Morgan fingerprint density at radius 3 is 2.50 bits per heavy atom. The summed E-state index contributed by atoms with van der Waals surface area (Å²) in [4.78, 5) is 25.5. The molecule has 0 aromatic heterocycles. The highest BCUT2D eigenvalue weighted by Crippen LogP contribution is 2.41. The Labute approximate surface area is 167 Å². The largest absolute Gasteiger partial charge is 0.458 e. The van der Waals surface area contributed by atoms with Gasteiger partial charge in [-0.2, -0.15) is 0 Å². The molecular weight excluding hydrogens is 364 g/mol. The van der Waals surface area contributed by atoms with Crippen molar-refractivity contribution >= 4 is 11.8 Å². The highest BCUT2D eigenvalue weighted by atomic mass is 16.7. The van der Waals surface area contributed by atoms with Crippen molar-refractivity contribution in [1.82, 2.24) is 0 Å². The fourth-order valence-electron chi connectivity index (χ4n) is 4.47. The molecule has 1 saturated heterocycles. The number of ether oxygens (including phenoxy) is 3. The molecule has 160 valence electrons. The van der Waals surface area contributed by atoms with E-state index in [1.165, 1.54) is 14.0 Å². The number of Topliss-reactive ketones (excluding diaryl/α,β-unsaturated/α-hetero) is 1. The number of esters is 1. The third-order valence-corrected chi connectivity index (χ3v) is 5.86. The first-order valence-corrected chi connectivity index (χ1v) is 9.95. The molecule has 0 spiro atoms. The van der Waals surface area contributed by atoms with Gasteiger partial charge in [0.2, 0.25) is 0 Å². The molecule has 6 atom stereocenters. The van der Waals surface area contributed by atoms with E-state index in [-0.39, 0.29) is 18.9 Å². The summed E-state index contributed by atoms with van der Waals surface area (Å²) in [6.45, 7) is 8.53. The number of hydrogen-bond donors (Lipinski definition) is 2. The molecule has 2 bridgehead atoms. The van der Waals surface area contributed by atoms with Crippen molar-refractivity contribution < 1.29 is 34.0 Å². The molecule has 0 aromatic rings. The van der Waals surface area contributed by atoms with E-state index in [9.17, 15) is 19.8 Å². The van der Waals surface area contributed by atoms with Crippen molar-refractivity contribution in [2.24, 2.45) is 11.8 Å². The number of allylic oxidation sites excluding steroid dienone is 1.